The van der Waals surface area contributed by atoms with Crippen molar-refractivity contribution in [2.45, 2.75) is 25.0 Å². The molecule has 0 bridgehead atoms. The molecule has 0 radical (unpaired) electrons. The summed E-state index contributed by atoms with van der Waals surface area (Å²) in [4.78, 5) is 11.8. The molecular weight excluding hydrogens is 294 g/mol. The molecule has 0 aromatic heterocycles. The average molecular weight is 313 g/mol. The van der Waals surface area contributed by atoms with E-state index in [1.54, 1.807) is 0 Å². The number of nitrogens with one attached hydrogen (secondary N) is 1. The van der Waals surface area contributed by atoms with Gasteiger partial charge in [-0.05, 0) is 30.5 Å². The van der Waals surface area contributed by atoms with Gasteiger partial charge in [-0.2, -0.15) is 0 Å². The first-order valence-electron chi connectivity index (χ1n) is 6.69. The molecule has 4 nitrogen and oxygen atoms in total. The molecule has 1 saturated heterocycles. The fraction of sp³-hybridized carbons (Fsp3) is 0.500. The molecule has 110 valence electrons. The summed E-state index contributed by atoms with van der Waals surface area (Å²) in [5.74, 6) is 0.685. The van der Waals surface area contributed by atoms with Crippen LogP contribution in [0.5, 0.6) is 0 Å². The molecule has 1 fully saturated rings. The van der Waals surface area contributed by atoms with E-state index in [4.69, 9.17) is 0 Å². The van der Waals surface area contributed by atoms with Crippen molar-refractivity contribution in [3.8, 4) is 0 Å². The van der Waals surface area contributed by atoms with Crippen LogP contribution >= 0.6 is 11.8 Å². The second-order valence-corrected chi connectivity index (χ2v) is 8.46. The largest absolute Gasteiger partial charge is 0.325 e. The smallest absolute Gasteiger partial charge is 0.234 e. The standard InChI is InChI=1S/C14H19NO3S2/c1-2-11-4-3-5-12(8-11)15-14(16)9-19-13-6-7-20(17,18)10-13/h3-5,8,13H,2,6-7,9-10H2,1H3,(H,15,16)/t13-/m1/s1. The van der Waals surface area contributed by atoms with Gasteiger partial charge >= 0.3 is 0 Å². The van der Waals surface area contributed by atoms with E-state index in [1.165, 1.54) is 17.3 Å². The molecule has 1 aromatic rings. The number of hydrogen-bond donors (Lipinski definition) is 1. The molecule has 0 spiro atoms. The number of amides is 1. The predicted octanol–water partition coefficient (Wildman–Crippen LogP) is 2.11. The zero-order chi connectivity index (χ0) is 14.6. The number of carbonyl (C=O) groups is 1. The minimum Gasteiger partial charge on any atom is -0.325 e. The van der Waals surface area contributed by atoms with Crippen molar-refractivity contribution in [1.29, 1.82) is 0 Å². The lowest BCUT2D eigenvalue weighted by atomic mass is 10.1. The minimum atomic E-state index is -2.86. The van der Waals surface area contributed by atoms with Crippen molar-refractivity contribution in [3.63, 3.8) is 0 Å². The highest BCUT2D eigenvalue weighted by atomic mass is 32.2. The maximum atomic E-state index is 11.8. The van der Waals surface area contributed by atoms with Crippen LogP contribution in [0.25, 0.3) is 0 Å². The monoisotopic (exact) mass is 313 g/mol. The van der Waals surface area contributed by atoms with Crippen LogP contribution in [0.3, 0.4) is 0 Å². The van der Waals surface area contributed by atoms with Crippen LogP contribution in [0.15, 0.2) is 24.3 Å². The lowest BCUT2D eigenvalue weighted by molar-refractivity contribution is -0.113. The normalized spacial score (nSPS) is 20.8. The van der Waals surface area contributed by atoms with Gasteiger partial charge in [-0.1, -0.05) is 19.1 Å². The second-order valence-electron chi connectivity index (χ2n) is 4.94. The van der Waals surface area contributed by atoms with Crippen molar-refractivity contribution in [2.24, 2.45) is 0 Å². The van der Waals surface area contributed by atoms with Crippen molar-refractivity contribution in [1.82, 2.24) is 0 Å². The van der Waals surface area contributed by atoms with E-state index in [2.05, 4.69) is 12.2 Å². The first-order chi connectivity index (χ1) is 9.48. The van der Waals surface area contributed by atoms with Crippen LogP contribution in [-0.2, 0) is 21.1 Å². The topological polar surface area (TPSA) is 63.2 Å². The summed E-state index contributed by atoms with van der Waals surface area (Å²) in [5, 5.41) is 2.91. The molecule has 0 saturated carbocycles. The summed E-state index contributed by atoms with van der Waals surface area (Å²) in [6.07, 6.45) is 1.59. The van der Waals surface area contributed by atoms with E-state index in [0.717, 1.165) is 12.1 Å². The number of benzene rings is 1. The van der Waals surface area contributed by atoms with Crippen LogP contribution in [0.4, 0.5) is 5.69 Å². The fourth-order valence-corrected chi connectivity index (χ4v) is 5.60. The Bertz CT molecular complexity index is 584. The number of rotatable bonds is 5. The molecule has 1 N–H and O–H groups in total. The number of sulfone groups is 1. The van der Waals surface area contributed by atoms with Gasteiger partial charge in [-0.3, -0.25) is 4.79 Å². The predicted molar refractivity (Wildman–Crippen MR) is 84.0 cm³/mol. The Morgan fingerprint density at radius 3 is 2.90 bits per heavy atom. The molecule has 1 aromatic carbocycles. The molecule has 1 atom stereocenters. The zero-order valence-corrected chi connectivity index (χ0v) is 13.1. The summed E-state index contributed by atoms with van der Waals surface area (Å²) >= 11 is 1.43. The van der Waals surface area contributed by atoms with Gasteiger partial charge in [0, 0.05) is 10.9 Å². The van der Waals surface area contributed by atoms with Crippen LogP contribution in [0, 0.1) is 0 Å². The van der Waals surface area contributed by atoms with E-state index in [-0.39, 0.29) is 22.7 Å². The molecule has 1 aliphatic heterocycles. The second kappa shape index (κ2) is 6.63. The van der Waals surface area contributed by atoms with Crippen LogP contribution in [0.2, 0.25) is 0 Å². The summed E-state index contributed by atoms with van der Waals surface area (Å²) < 4.78 is 22.7. The van der Waals surface area contributed by atoms with Gasteiger partial charge in [0.1, 0.15) is 0 Å². The molecule has 6 heteroatoms. The lowest BCUT2D eigenvalue weighted by Crippen LogP contribution is -2.17. The van der Waals surface area contributed by atoms with E-state index < -0.39 is 9.84 Å². The van der Waals surface area contributed by atoms with Crippen molar-refractivity contribution in [3.05, 3.63) is 29.8 Å². The highest BCUT2D eigenvalue weighted by Crippen LogP contribution is 2.24. The maximum absolute atomic E-state index is 11.8. The quantitative estimate of drug-likeness (QED) is 0.904. The number of anilines is 1. The van der Waals surface area contributed by atoms with Crippen molar-refractivity contribution >= 4 is 33.2 Å². The summed E-state index contributed by atoms with van der Waals surface area (Å²) in [5.41, 5.74) is 1.98. The number of carbonyl (C=O) groups excluding carboxylic acids is 1. The number of thioether (sulfide) groups is 1. The first kappa shape index (κ1) is 15.4. The highest BCUT2D eigenvalue weighted by molar-refractivity contribution is 8.02. The van der Waals surface area contributed by atoms with Gasteiger partial charge in [0.2, 0.25) is 5.91 Å². The van der Waals surface area contributed by atoms with Crippen LogP contribution in [-0.4, -0.2) is 36.8 Å². The van der Waals surface area contributed by atoms with Gasteiger partial charge in [0.25, 0.3) is 0 Å². The van der Waals surface area contributed by atoms with Gasteiger partial charge in [-0.25, -0.2) is 8.42 Å². The first-order valence-corrected chi connectivity index (χ1v) is 9.56. The summed E-state index contributed by atoms with van der Waals surface area (Å²) in [7, 11) is -2.86. The van der Waals surface area contributed by atoms with Gasteiger partial charge in [-0.15, -0.1) is 11.8 Å². The van der Waals surface area contributed by atoms with Gasteiger partial charge in [0.15, 0.2) is 9.84 Å². The molecule has 0 aliphatic carbocycles. The van der Waals surface area contributed by atoms with Crippen LogP contribution in [0.1, 0.15) is 18.9 Å². The lowest BCUT2D eigenvalue weighted by Gasteiger charge is -2.09. The van der Waals surface area contributed by atoms with E-state index in [1.807, 2.05) is 24.3 Å². The zero-order valence-electron chi connectivity index (χ0n) is 11.5. The SMILES string of the molecule is CCc1cccc(NC(=O)CS[C@@H]2CCS(=O)(=O)C2)c1. The maximum Gasteiger partial charge on any atom is 0.234 e. The third kappa shape index (κ3) is 4.52. The Balaban J connectivity index is 1.81. The van der Waals surface area contributed by atoms with Gasteiger partial charge in [0.05, 0.1) is 17.3 Å². The highest BCUT2D eigenvalue weighted by Gasteiger charge is 2.28. The van der Waals surface area contributed by atoms with Gasteiger partial charge < -0.3 is 5.32 Å². The molecule has 1 amide bonds. The molecule has 1 aliphatic rings. The molecule has 2 rings (SSSR count). The minimum absolute atomic E-state index is 0.0627. The Morgan fingerprint density at radius 1 is 1.45 bits per heavy atom. The van der Waals surface area contributed by atoms with Crippen molar-refractivity contribution < 1.29 is 13.2 Å². The Labute approximate surface area is 124 Å². The third-order valence-corrected chi connectivity index (χ3v) is 6.54. The van der Waals surface area contributed by atoms with E-state index >= 15 is 0 Å². The van der Waals surface area contributed by atoms with Crippen LogP contribution < -0.4 is 5.32 Å². The number of hydrogen-bond acceptors (Lipinski definition) is 4. The Kier molecular flexibility index (Phi) is 5.10. The Hall–Kier alpha value is -1.01. The molecular formula is C14H19NO3S2. The third-order valence-electron chi connectivity index (χ3n) is 3.26. The molecule has 20 heavy (non-hydrogen) atoms. The summed E-state index contributed by atoms with van der Waals surface area (Å²) in [6, 6.07) is 7.77. The average Bonchev–Trinajstić information content (AvgIpc) is 2.76. The number of aryl methyl sites for hydroxylation is 1. The Morgan fingerprint density at radius 2 is 2.25 bits per heavy atom. The molecule has 0 unspecified atom stereocenters. The fourth-order valence-electron chi connectivity index (χ4n) is 2.15. The summed E-state index contributed by atoms with van der Waals surface area (Å²) in [6.45, 7) is 2.07. The molecule has 1 heterocycles. The van der Waals surface area contributed by atoms with E-state index in [0.29, 0.717) is 12.2 Å². The van der Waals surface area contributed by atoms with E-state index in [9.17, 15) is 13.2 Å². The van der Waals surface area contributed by atoms with Crippen molar-refractivity contribution in [2.75, 3.05) is 22.6 Å².